The maximum atomic E-state index is 2.66. The third-order valence-electron chi connectivity index (χ3n) is 7.30. The molecular formula is C22H44N2. The molecule has 0 aromatic carbocycles. The van der Waals surface area contributed by atoms with Crippen molar-refractivity contribution in [3.63, 3.8) is 0 Å². The Morgan fingerprint density at radius 3 is 1.12 bits per heavy atom. The van der Waals surface area contributed by atoms with Gasteiger partial charge in [-0.05, 0) is 103 Å². The van der Waals surface area contributed by atoms with Crippen LogP contribution in [0.1, 0.15) is 80.1 Å². The Morgan fingerprint density at radius 1 is 0.583 bits per heavy atom. The first-order chi connectivity index (χ1) is 11.4. The Bertz CT molecular complexity index is 302. The van der Waals surface area contributed by atoms with Crippen LogP contribution >= 0.6 is 0 Å². The molecule has 2 fully saturated rings. The molecule has 0 bridgehead atoms. The molecule has 2 unspecified atom stereocenters. The van der Waals surface area contributed by atoms with Crippen LogP contribution in [0.5, 0.6) is 0 Å². The van der Waals surface area contributed by atoms with E-state index < -0.39 is 0 Å². The molecule has 0 aromatic rings. The molecule has 24 heavy (non-hydrogen) atoms. The third kappa shape index (κ3) is 5.73. The van der Waals surface area contributed by atoms with Gasteiger partial charge in [0.15, 0.2) is 0 Å². The zero-order valence-corrected chi connectivity index (χ0v) is 17.4. The molecule has 2 atom stereocenters. The maximum Gasteiger partial charge on any atom is 0.00385 e. The number of hydrogen-bond acceptors (Lipinski definition) is 2. The lowest BCUT2D eigenvalue weighted by atomic mass is 9.77. The van der Waals surface area contributed by atoms with E-state index in [9.17, 15) is 0 Å². The van der Waals surface area contributed by atoms with Crippen molar-refractivity contribution in [3.8, 4) is 0 Å². The van der Waals surface area contributed by atoms with Gasteiger partial charge in [0.1, 0.15) is 0 Å². The summed E-state index contributed by atoms with van der Waals surface area (Å²) in [5.74, 6) is 3.82. The second kappa shape index (κ2) is 9.57. The first kappa shape index (κ1) is 20.2. The second-order valence-corrected chi connectivity index (χ2v) is 9.47. The fourth-order valence-corrected chi connectivity index (χ4v) is 5.01. The molecule has 2 saturated heterocycles. The highest BCUT2D eigenvalue weighted by atomic mass is 15.2. The van der Waals surface area contributed by atoms with Crippen molar-refractivity contribution >= 4 is 0 Å². The highest BCUT2D eigenvalue weighted by molar-refractivity contribution is 4.80. The second-order valence-electron chi connectivity index (χ2n) is 9.47. The van der Waals surface area contributed by atoms with Gasteiger partial charge in [-0.2, -0.15) is 0 Å². The predicted molar refractivity (Wildman–Crippen MR) is 106 cm³/mol. The Morgan fingerprint density at radius 2 is 0.875 bits per heavy atom. The summed E-state index contributed by atoms with van der Waals surface area (Å²) in [4.78, 5) is 5.32. The maximum absolute atomic E-state index is 2.66. The normalized spacial score (nSPS) is 25.5. The highest BCUT2D eigenvalue weighted by Gasteiger charge is 2.28. The van der Waals surface area contributed by atoms with Crippen LogP contribution in [-0.2, 0) is 0 Å². The van der Waals surface area contributed by atoms with Crippen molar-refractivity contribution in [2.45, 2.75) is 92.2 Å². The van der Waals surface area contributed by atoms with Crippen molar-refractivity contribution in [2.75, 3.05) is 26.2 Å². The summed E-state index contributed by atoms with van der Waals surface area (Å²) < 4.78 is 0. The first-order valence-electron chi connectivity index (χ1n) is 10.9. The van der Waals surface area contributed by atoms with Gasteiger partial charge in [0, 0.05) is 12.1 Å². The van der Waals surface area contributed by atoms with E-state index >= 15 is 0 Å². The van der Waals surface area contributed by atoms with Crippen LogP contribution in [0, 0.1) is 23.7 Å². The van der Waals surface area contributed by atoms with Crippen LogP contribution in [0.2, 0.25) is 0 Å². The molecule has 2 heteroatoms. The Kier molecular flexibility index (Phi) is 8.07. The van der Waals surface area contributed by atoms with Crippen LogP contribution in [0.25, 0.3) is 0 Å². The van der Waals surface area contributed by atoms with E-state index in [1.54, 1.807) is 0 Å². The minimum absolute atomic E-state index is 0.734. The quantitative estimate of drug-likeness (QED) is 0.624. The average molecular weight is 337 g/mol. The number of nitrogens with zero attached hydrogens (tertiary/aromatic N) is 2. The molecule has 0 aliphatic carbocycles. The lowest BCUT2D eigenvalue weighted by Crippen LogP contribution is -2.40. The number of rotatable bonds is 7. The molecule has 0 saturated carbocycles. The molecule has 2 aliphatic heterocycles. The van der Waals surface area contributed by atoms with E-state index in [1.807, 2.05) is 0 Å². The van der Waals surface area contributed by atoms with Crippen LogP contribution in [0.4, 0.5) is 0 Å². The summed E-state index contributed by atoms with van der Waals surface area (Å²) in [5.41, 5.74) is 0. The summed E-state index contributed by atoms with van der Waals surface area (Å²) in [6, 6.07) is 1.47. The monoisotopic (exact) mass is 336 g/mol. The zero-order valence-electron chi connectivity index (χ0n) is 17.4. The molecule has 0 amide bonds. The van der Waals surface area contributed by atoms with E-state index in [4.69, 9.17) is 0 Å². The van der Waals surface area contributed by atoms with Gasteiger partial charge >= 0.3 is 0 Å². The van der Waals surface area contributed by atoms with Crippen molar-refractivity contribution < 1.29 is 0 Å². The van der Waals surface area contributed by atoms with E-state index in [0.29, 0.717) is 0 Å². The highest BCUT2D eigenvalue weighted by Crippen LogP contribution is 2.33. The summed E-state index contributed by atoms with van der Waals surface area (Å²) in [6.07, 6.45) is 8.64. The van der Waals surface area contributed by atoms with Crippen LogP contribution < -0.4 is 0 Å². The molecule has 0 radical (unpaired) electrons. The minimum atomic E-state index is 0.734. The molecule has 142 valence electrons. The fraction of sp³-hybridized carbons (Fsp3) is 1.00. The minimum Gasteiger partial charge on any atom is -0.301 e. The SMILES string of the molecule is CC(CCC(C)C1CCN(C(C)C)CC1)C1CCN(C(C)C)CC1. The van der Waals surface area contributed by atoms with Crippen molar-refractivity contribution in [1.82, 2.24) is 9.80 Å². The van der Waals surface area contributed by atoms with Gasteiger partial charge in [0.05, 0.1) is 0 Å². The lowest BCUT2D eigenvalue weighted by Gasteiger charge is -2.39. The lowest BCUT2D eigenvalue weighted by molar-refractivity contribution is 0.107. The summed E-state index contributed by atoms with van der Waals surface area (Å²) in [5, 5.41) is 0. The third-order valence-corrected chi connectivity index (χ3v) is 7.30. The fourth-order valence-electron chi connectivity index (χ4n) is 5.01. The van der Waals surface area contributed by atoms with Gasteiger partial charge in [-0.1, -0.05) is 26.7 Å². The molecule has 2 nitrogen and oxygen atoms in total. The molecule has 2 rings (SSSR count). The van der Waals surface area contributed by atoms with Crippen molar-refractivity contribution in [3.05, 3.63) is 0 Å². The molecule has 2 aliphatic rings. The van der Waals surface area contributed by atoms with Gasteiger partial charge in [-0.3, -0.25) is 0 Å². The van der Waals surface area contributed by atoms with Crippen LogP contribution in [-0.4, -0.2) is 48.1 Å². The predicted octanol–water partition coefficient (Wildman–Crippen LogP) is 5.28. The van der Waals surface area contributed by atoms with Gasteiger partial charge < -0.3 is 9.80 Å². The van der Waals surface area contributed by atoms with E-state index in [1.165, 1.54) is 64.7 Å². The van der Waals surface area contributed by atoms with Crippen LogP contribution in [0.15, 0.2) is 0 Å². The van der Waals surface area contributed by atoms with Crippen LogP contribution in [0.3, 0.4) is 0 Å². The summed E-state index contributed by atoms with van der Waals surface area (Å²) in [6.45, 7) is 19.8. The zero-order chi connectivity index (χ0) is 17.7. The Hall–Kier alpha value is -0.0800. The number of hydrogen-bond donors (Lipinski definition) is 0. The van der Waals surface area contributed by atoms with Gasteiger partial charge in [0.2, 0.25) is 0 Å². The molecule has 0 aromatic heterocycles. The topological polar surface area (TPSA) is 6.48 Å². The van der Waals surface area contributed by atoms with Gasteiger partial charge in [-0.15, -0.1) is 0 Å². The number of piperidine rings is 2. The molecule has 0 N–H and O–H groups in total. The van der Waals surface area contributed by atoms with E-state index in [0.717, 1.165) is 35.8 Å². The molecule has 0 spiro atoms. The largest absolute Gasteiger partial charge is 0.301 e. The van der Waals surface area contributed by atoms with E-state index in [2.05, 4.69) is 51.3 Å². The van der Waals surface area contributed by atoms with Gasteiger partial charge in [0.25, 0.3) is 0 Å². The van der Waals surface area contributed by atoms with E-state index in [-0.39, 0.29) is 0 Å². The van der Waals surface area contributed by atoms with Gasteiger partial charge in [-0.25, -0.2) is 0 Å². The van der Waals surface area contributed by atoms with Crippen molar-refractivity contribution in [1.29, 1.82) is 0 Å². The molecule has 2 heterocycles. The Labute approximate surface area is 152 Å². The number of likely N-dealkylation sites (tertiary alicyclic amines) is 2. The summed E-state index contributed by atoms with van der Waals surface area (Å²) >= 11 is 0. The first-order valence-corrected chi connectivity index (χ1v) is 10.9. The molecular weight excluding hydrogens is 292 g/mol. The standard InChI is InChI=1S/C22H44N2/c1-17(2)23-13-9-21(10-14-23)19(5)7-8-20(6)22-11-15-24(16-12-22)18(3)4/h17-22H,7-16H2,1-6H3. The summed E-state index contributed by atoms with van der Waals surface area (Å²) in [7, 11) is 0. The smallest absolute Gasteiger partial charge is 0.00385 e. The average Bonchev–Trinajstić information content (AvgIpc) is 2.59. The Balaban J connectivity index is 1.66. The van der Waals surface area contributed by atoms with Crippen molar-refractivity contribution in [2.24, 2.45) is 23.7 Å².